The smallest absolute Gasteiger partial charge is 0.466 e. The van der Waals surface area contributed by atoms with Gasteiger partial charge in [-0.05, 0) is 26.2 Å². The number of hydrogen-bond donors (Lipinski definition) is 1. The second-order valence-electron chi connectivity index (χ2n) is 7.38. The molecule has 1 N–H and O–H groups in total. The molecule has 0 aliphatic rings. The van der Waals surface area contributed by atoms with E-state index in [9.17, 15) is 44.4 Å². The second kappa shape index (κ2) is 18.3. The third-order valence-corrected chi connectivity index (χ3v) is 10.1. The van der Waals surface area contributed by atoms with E-state index >= 15 is 0 Å². The topological polar surface area (TPSA) is 159 Å². The van der Waals surface area contributed by atoms with Gasteiger partial charge >= 0.3 is 27.5 Å². The van der Waals surface area contributed by atoms with E-state index in [0.29, 0.717) is 34.4 Å². The van der Waals surface area contributed by atoms with E-state index < -0.39 is 61.5 Å². The van der Waals surface area contributed by atoms with Crippen molar-refractivity contribution in [2.24, 2.45) is 0 Å². The van der Waals surface area contributed by atoms with Gasteiger partial charge in [-0.25, -0.2) is 16.8 Å². The molecule has 37 heavy (non-hydrogen) atoms. The van der Waals surface area contributed by atoms with Crippen molar-refractivity contribution in [3.8, 4) is 0 Å². The summed E-state index contributed by atoms with van der Waals surface area (Å²) in [5, 5.41) is -0.533. The highest BCUT2D eigenvalue weighted by atomic mass is 32.3. The van der Waals surface area contributed by atoms with Gasteiger partial charge in [0.25, 0.3) is 0 Å². The number of methoxy groups -OCH3 is 1. The van der Waals surface area contributed by atoms with Crippen molar-refractivity contribution in [1.29, 1.82) is 0 Å². The van der Waals surface area contributed by atoms with Crippen LogP contribution in [0.5, 0.6) is 0 Å². The molecule has 0 bridgehead atoms. The Kier molecular flexibility index (Phi) is 17.7. The van der Waals surface area contributed by atoms with E-state index in [2.05, 4.69) is 0 Å². The minimum Gasteiger partial charge on any atom is -0.466 e. The summed E-state index contributed by atoms with van der Waals surface area (Å²) in [6, 6.07) is 0. The monoisotopic (exact) mass is 619 g/mol. The van der Waals surface area contributed by atoms with Gasteiger partial charge in [0, 0.05) is 31.0 Å². The van der Waals surface area contributed by atoms with Crippen molar-refractivity contribution in [2.45, 2.75) is 49.8 Å². The number of halogens is 3. The van der Waals surface area contributed by atoms with Crippen LogP contribution >= 0.6 is 23.5 Å². The third kappa shape index (κ3) is 17.9. The summed E-state index contributed by atoms with van der Waals surface area (Å²) in [7, 11) is -9.26. The Labute approximate surface area is 223 Å². The second-order valence-corrected chi connectivity index (χ2v) is 13.7. The Hall–Kier alpha value is -1.08. The molecule has 0 rings (SSSR count). The first-order valence-corrected chi connectivity index (χ1v) is 16.3. The molecule has 0 amide bonds. The number of esters is 2. The zero-order valence-electron chi connectivity index (χ0n) is 20.4. The summed E-state index contributed by atoms with van der Waals surface area (Å²) in [4.78, 5) is 35.3. The molecule has 0 aromatic carbocycles. The van der Waals surface area contributed by atoms with Gasteiger partial charge in [-0.3, -0.25) is 14.4 Å². The number of unbranched alkanes of at least 4 members (excludes halogenated alkanes) is 1. The molecule has 0 aliphatic carbocycles. The molecule has 0 spiro atoms. The average Bonchev–Trinajstić information content (AvgIpc) is 2.76. The van der Waals surface area contributed by atoms with Crippen LogP contribution in [-0.2, 0) is 48.6 Å². The van der Waals surface area contributed by atoms with E-state index in [1.54, 1.807) is 7.11 Å². The molecule has 18 heteroatoms. The van der Waals surface area contributed by atoms with Gasteiger partial charge in [-0.15, -0.1) is 15.9 Å². The normalized spacial score (nSPS) is 13.2. The molecule has 1 unspecified atom stereocenters. The number of hydrogen-bond acceptors (Lipinski definition) is 12. The molecule has 0 radical (unpaired) electrons. The van der Waals surface area contributed by atoms with Gasteiger partial charge < -0.3 is 14.2 Å². The van der Waals surface area contributed by atoms with Crippen molar-refractivity contribution in [3.05, 3.63) is 0 Å². The van der Waals surface area contributed by atoms with Crippen molar-refractivity contribution < 1.29 is 58.6 Å². The van der Waals surface area contributed by atoms with Crippen molar-refractivity contribution >= 4 is 61.3 Å². The molecule has 0 fully saturated rings. The molecule has 11 nitrogen and oxygen atoms in total. The first kappa shape index (κ1) is 35.9. The Balaban J connectivity index is 4.04. The van der Waals surface area contributed by atoms with Crippen LogP contribution < -0.4 is 4.13 Å². The maximum atomic E-state index is 12.2. The molecule has 218 valence electrons. The van der Waals surface area contributed by atoms with E-state index in [4.69, 9.17) is 14.2 Å². The number of rotatable bonds is 21. The zero-order chi connectivity index (χ0) is 28.5. The minimum atomic E-state index is -6.05. The predicted molar refractivity (Wildman–Crippen MR) is 133 cm³/mol. The fourth-order valence-corrected chi connectivity index (χ4v) is 7.03. The lowest BCUT2D eigenvalue weighted by Crippen LogP contribution is -2.41. The quantitative estimate of drug-likeness (QED) is 0.147. The molecule has 1 atom stereocenters. The fourth-order valence-electron chi connectivity index (χ4n) is 2.33. The maximum absolute atomic E-state index is 12.2. The Morgan fingerprint density at radius 3 is 2.08 bits per heavy atom. The standard InChI is InChI=1S/C19H32F3NO10S4/c1-15(24)16(14-18(26)33-8-4-3-7-31-2)35-12-11-34-10-6-17(25)32-9-5-13-36(27,28)23-37(29,30)19(20,21)22/h16,23H,3-14H2,1-2H3. The van der Waals surface area contributed by atoms with Crippen LogP contribution in [0, 0.1) is 0 Å². The lowest BCUT2D eigenvalue weighted by molar-refractivity contribution is -0.145. The number of ether oxygens (including phenoxy) is 3. The van der Waals surface area contributed by atoms with E-state index in [-0.39, 0.29) is 25.2 Å². The molecule has 0 saturated carbocycles. The fraction of sp³-hybridized carbons (Fsp3) is 0.842. The predicted octanol–water partition coefficient (Wildman–Crippen LogP) is 1.86. The summed E-state index contributed by atoms with van der Waals surface area (Å²) in [5.74, 6) is -0.780. The zero-order valence-corrected chi connectivity index (χ0v) is 23.7. The molecule has 0 aromatic heterocycles. The number of carbonyl (C=O) groups is 3. The van der Waals surface area contributed by atoms with Crippen molar-refractivity contribution in [1.82, 2.24) is 4.13 Å². The van der Waals surface area contributed by atoms with E-state index in [1.165, 1.54) is 30.4 Å². The number of Topliss-reactive ketones (excluding diaryl/α,β-unsaturated/α-hetero) is 1. The number of thioether (sulfide) groups is 2. The molecule has 0 saturated heterocycles. The molecular weight excluding hydrogens is 587 g/mol. The average molecular weight is 620 g/mol. The maximum Gasteiger partial charge on any atom is 0.512 e. The Bertz CT molecular complexity index is 927. The number of carbonyl (C=O) groups excluding carboxylic acids is 3. The van der Waals surface area contributed by atoms with Crippen molar-refractivity contribution in [2.75, 3.05) is 49.9 Å². The Morgan fingerprint density at radius 1 is 0.892 bits per heavy atom. The van der Waals surface area contributed by atoms with E-state index in [0.717, 1.165) is 6.42 Å². The van der Waals surface area contributed by atoms with Gasteiger partial charge in [0.1, 0.15) is 5.78 Å². The largest absolute Gasteiger partial charge is 0.512 e. The lowest BCUT2D eigenvalue weighted by Gasteiger charge is -2.13. The van der Waals surface area contributed by atoms with Gasteiger partial charge in [-0.1, -0.05) is 0 Å². The van der Waals surface area contributed by atoms with Crippen LogP contribution in [-0.4, -0.2) is 95.3 Å². The minimum absolute atomic E-state index is 0.0195. The molecule has 0 aliphatic heterocycles. The Morgan fingerprint density at radius 2 is 1.49 bits per heavy atom. The highest BCUT2D eigenvalue weighted by Gasteiger charge is 2.48. The van der Waals surface area contributed by atoms with Crippen LogP contribution in [0.3, 0.4) is 0 Å². The summed E-state index contributed by atoms with van der Waals surface area (Å²) >= 11 is 2.69. The first-order chi connectivity index (χ1) is 17.1. The summed E-state index contributed by atoms with van der Waals surface area (Å²) in [6.45, 7) is 1.80. The van der Waals surface area contributed by atoms with E-state index in [1.807, 2.05) is 0 Å². The van der Waals surface area contributed by atoms with Crippen LogP contribution in [0.4, 0.5) is 13.2 Å². The lowest BCUT2D eigenvalue weighted by atomic mass is 10.2. The van der Waals surface area contributed by atoms with Crippen molar-refractivity contribution in [3.63, 3.8) is 0 Å². The third-order valence-electron chi connectivity index (χ3n) is 4.17. The molecule has 0 heterocycles. The SMILES string of the molecule is COCCCCOC(=O)CC(SCCSCCC(=O)OCCCS(=O)(=O)NS(=O)(=O)C(F)(F)F)C(C)=O. The van der Waals surface area contributed by atoms with Gasteiger partial charge in [0.15, 0.2) is 0 Å². The summed E-state index contributed by atoms with van der Waals surface area (Å²) < 4.78 is 96.6. The highest BCUT2D eigenvalue weighted by molar-refractivity contribution is 8.05. The van der Waals surface area contributed by atoms with Crippen LogP contribution in [0.15, 0.2) is 0 Å². The highest BCUT2D eigenvalue weighted by Crippen LogP contribution is 2.22. The van der Waals surface area contributed by atoms with Crippen LogP contribution in [0.2, 0.25) is 0 Å². The molecular formula is C19H32F3NO10S4. The summed E-state index contributed by atoms with van der Waals surface area (Å²) in [6.07, 6.45) is 0.971. The van der Waals surface area contributed by atoms with Gasteiger partial charge in [-0.2, -0.15) is 24.9 Å². The van der Waals surface area contributed by atoms with Gasteiger partial charge in [0.2, 0.25) is 10.0 Å². The number of ketones is 1. The number of alkyl halides is 3. The summed E-state index contributed by atoms with van der Waals surface area (Å²) in [5.41, 5.74) is -5.77. The number of sulfonamides is 2. The first-order valence-electron chi connectivity index (χ1n) is 10.9. The van der Waals surface area contributed by atoms with Gasteiger partial charge in [0.05, 0.1) is 37.1 Å². The van der Waals surface area contributed by atoms with Crippen LogP contribution in [0.1, 0.15) is 39.0 Å². The van der Waals surface area contributed by atoms with Crippen LogP contribution in [0.25, 0.3) is 0 Å². The number of nitrogens with one attached hydrogen (secondary N) is 1. The molecule has 0 aromatic rings.